The third-order valence-electron chi connectivity index (χ3n) is 4.17. The number of carbonyl (C=O) groups is 1. The number of sulfonamides is 1. The van der Waals surface area contributed by atoms with Crippen LogP contribution in [-0.2, 0) is 27.9 Å². The van der Waals surface area contributed by atoms with Crippen molar-refractivity contribution in [2.45, 2.75) is 24.9 Å². The highest BCUT2D eigenvalue weighted by Gasteiger charge is 2.17. The summed E-state index contributed by atoms with van der Waals surface area (Å²) in [6.07, 6.45) is 5.31. The van der Waals surface area contributed by atoms with Crippen LogP contribution in [0.25, 0.3) is 0 Å². The fourth-order valence-corrected chi connectivity index (χ4v) is 3.88. The van der Waals surface area contributed by atoms with E-state index in [9.17, 15) is 13.2 Å². The molecule has 0 saturated carbocycles. The normalized spacial score (nSPS) is 11.2. The predicted molar refractivity (Wildman–Crippen MR) is 109 cm³/mol. The zero-order chi connectivity index (χ0) is 20.9. The van der Waals surface area contributed by atoms with Gasteiger partial charge in [0.05, 0.1) is 24.0 Å². The van der Waals surface area contributed by atoms with Crippen LogP contribution in [0.5, 0.6) is 5.75 Å². The molecule has 0 spiro atoms. The fraction of sp³-hybridized carbons (Fsp3) is 0.200. The van der Waals surface area contributed by atoms with Crippen LogP contribution in [0, 0.1) is 0 Å². The summed E-state index contributed by atoms with van der Waals surface area (Å²) in [7, 11) is -2.33. The van der Waals surface area contributed by atoms with Crippen molar-refractivity contribution in [2.24, 2.45) is 0 Å². The first-order valence-corrected chi connectivity index (χ1v) is 10.3. The Labute approximate surface area is 169 Å². The Morgan fingerprint density at radius 3 is 2.66 bits per heavy atom. The number of benzene rings is 2. The average molecular weight is 414 g/mol. The number of aromatic nitrogens is 2. The molecule has 2 aromatic carbocycles. The molecule has 0 fully saturated rings. The summed E-state index contributed by atoms with van der Waals surface area (Å²) >= 11 is 0. The number of anilines is 1. The molecule has 0 radical (unpaired) electrons. The Kier molecular flexibility index (Phi) is 6.30. The van der Waals surface area contributed by atoms with E-state index in [1.54, 1.807) is 12.5 Å². The van der Waals surface area contributed by atoms with Crippen LogP contribution >= 0.6 is 0 Å². The highest BCUT2D eigenvalue weighted by molar-refractivity contribution is 7.89. The largest absolute Gasteiger partial charge is 0.495 e. The topological polar surface area (TPSA) is 102 Å². The lowest BCUT2D eigenvalue weighted by atomic mass is 10.1. The average Bonchev–Trinajstić information content (AvgIpc) is 3.19. The van der Waals surface area contributed by atoms with Crippen molar-refractivity contribution >= 4 is 21.6 Å². The van der Waals surface area contributed by atoms with E-state index in [1.165, 1.54) is 32.2 Å². The molecule has 9 heteroatoms. The van der Waals surface area contributed by atoms with Gasteiger partial charge in [-0.15, -0.1) is 0 Å². The van der Waals surface area contributed by atoms with E-state index in [1.807, 2.05) is 35.0 Å². The number of hydrogen-bond acceptors (Lipinski definition) is 5. The van der Waals surface area contributed by atoms with Crippen molar-refractivity contribution in [1.29, 1.82) is 0 Å². The van der Waals surface area contributed by atoms with Crippen molar-refractivity contribution in [3.63, 3.8) is 0 Å². The van der Waals surface area contributed by atoms with E-state index in [-0.39, 0.29) is 17.3 Å². The number of imidazole rings is 1. The molecule has 3 aromatic rings. The zero-order valence-electron chi connectivity index (χ0n) is 16.1. The number of hydrogen-bond donors (Lipinski definition) is 2. The van der Waals surface area contributed by atoms with Crippen LogP contribution < -0.4 is 14.8 Å². The zero-order valence-corrected chi connectivity index (χ0v) is 16.9. The maximum absolute atomic E-state index is 12.7. The molecular formula is C20H22N4O4S. The van der Waals surface area contributed by atoms with E-state index in [2.05, 4.69) is 15.0 Å². The van der Waals surface area contributed by atoms with Gasteiger partial charge in [-0.25, -0.2) is 18.1 Å². The highest BCUT2D eigenvalue weighted by atomic mass is 32.2. The van der Waals surface area contributed by atoms with E-state index in [4.69, 9.17) is 4.74 Å². The van der Waals surface area contributed by atoms with Crippen molar-refractivity contribution in [3.05, 3.63) is 72.3 Å². The summed E-state index contributed by atoms with van der Waals surface area (Å²) < 4.78 is 35.1. The first kappa shape index (κ1) is 20.6. The Morgan fingerprint density at radius 2 is 1.97 bits per heavy atom. The molecular weight excluding hydrogens is 392 g/mol. The lowest BCUT2D eigenvalue weighted by molar-refractivity contribution is -0.114. The Bertz CT molecular complexity index is 1100. The Morgan fingerprint density at radius 1 is 1.17 bits per heavy atom. The van der Waals surface area contributed by atoms with Gasteiger partial charge in [-0.2, -0.15) is 0 Å². The summed E-state index contributed by atoms with van der Waals surface area (Å²) in [5, 5.41) is 2.58. The lowest BCUT2D eigenvalue weighted by Gasteiger charge is -2.12. The van der Waals surface area contributed by atoms with Gasteiger partial charge in [0.1, 0.15) is 5.75 Å². The van der Waals surface area contributed by atoms with Crippen LogP contribution in [0.4, 0.5) is 5.69 Å². The fourth-order valence-electron chi connectivity index (χ4n) is 2.83. The summed E-state index contributed by atoms with van der Waals surface area (Å²) in [6.45, 7) is 2.14. The molecule has 0 bridgehead atoms. The van der Waals surface area contributed by atoms with E-state index < -0.39 is 10.0 Å². The van der Waals surface area contributed by atoms with E-state index in [0.29, 0.717) is 18.0 Å². The third-order valence-corrected chi connectivity index (χ3v) is 5.57. The number of amides is 1. The lowest BCUT2D eigenvalue weighted by Crippen LogP contribution is -2.23. The van der Waals surface area contributed by atoms with Crippen molar-refractivity contribution < 1.29 is 17.9 Å². The number of nitrogens with one attached hydrogen (secondary N) is 2. The van der Waals surface area contributed by atoms with Gasteiger partial charge in [-0.1, -0.05) is 24.3 Å². The smallest absolute Gasteiger partial charge is 0.240 e. The van der Waals surface area contributed by atoms with Gasteiger partial charge < -0.3 is 14.6 Å². The van der Waals surface area contributed by atoms with Gasteiger partial charge in [-0.05, 0) is 29.3 Å². The molecule has 2 N–H and O–H groups in total. The quantitative estimate of drug-likeness (QED) is 0.589. The molecule has 0 unspecified atom stereocenters. The first-order valence-electron chi connectivity index (χ1n) is 8.86. The monoisotopic (exact) mass is 414 g/mol. The second kappa shape index (κ2) is 8.89. The minimum atomic E-state index is -3.78. The van der Waals surface area contributed by atoms with Crippen LogP contribution in [0.3, 0.4) is 0 Å². The minimum Gasteiger partial charge on any atom is -0.495 e. The molecule has 0 atom stereocenters. The van der Waals surface area contributed by atoms with Crippen LogP contribution in [0.2, 0.25) is 0 Å². The number of carbonyl (C=O) groups excluding carboxylic acids is 1. The van der Waals surface area contributed by atoms with Gasteiger partial charge in [0.15, 0.2) is 0 Å². The molecule has 0 aliphatic carbocycles. The molecule has 0 aliphatic rings. The third kappa shape index (κ3) is 5.43. The first-order chi connectivity index (χ1) is 13.9. The number of ether oxygens (including phenoxy) is 1. The summed E-state index contributed by atoms with van der Waals surface area (Å²) in [6, 6.07) is 12.0. The Balaban J connectivity index is 1.74. The highest BCUT2D eigenvalue weighted by Crippen LogP contribution is 2.27. The Hall–Kier alpha value is -3.17. The van der Waals surface area contributed by atoms with Gasteiger partial charge >= 0.3 is 0 Å². The second-order valence-corrected chi connectivity index (χ2v) is 8.19. The van der Waals surface area contributed by atoms with Crippen molar-refractivity contribution in [3.8, 4) is 5.75 Å². The molecule has 152 valence electrons. The minimum absolute atomic E-state index is 0.0385. The number of rotatable bonds is 8. The molecule has 29 heavy (non-hydrogen) atoms. The maximum atomic E-state index is 12.7. The van der Waals surface area contributed by atoms with Gasteiger partial charge in [0, 0.05) is 32.4 Å². The van der Waals surface area contributed by atoms with E-state index in [0.717, 1.165) is 11.1 Å². The van der Waals surface area contributed by atoms with Gasteiger partial charge in [0.2, 0.25) is 15.9 Å². The molecule has 3 rings (SSSR count). The molecule has 1 heterocycles. The molecule has 1 aromatic heterocycles. The SMILES string of the molecule is COc1ccc(S(=O)(=O)NCc2cccc(Cn3ccnc3)c2)cc1NC(C)=O. The van der Waals surface area contributed by atoms with Crippen LogP contribution in [0.1, 0.15) is 18.1 Å². The van der Waals surface area contributed by atoms with Crippen LogP contribution in [-0.4, -0.2) is 31.0 Å². The summed E-state index contributed by atoms with van der Waals surface area (Å²) in [4.78, 5) is 15.4. The number of nitrogens with zero attached hydrogens (tertiary/aromatic N) is 2. The summed E-state index contributed by atoms with van der Waals surface area (Å²) in [5.41, 5.74) is 2.17. The van der Waals surface area contributed by atoms with Crippen molar-refractivity contribution in [2.75, 3.05) is 12.4 Å². The van der Waals surface area contributed by atoms with Crippen molar-refractivity contribution in [1.82, 2.24) is 14.3 Å². The standard InChI is InChI=1S/C20H22N4O4S/c1-15(25)23-19-11-18(6-7-20(19)28-2)29(26,27)22-12-16-4-3-5-17(10-16)13-24-9-8-21-14-24/h3-11,14,22H,12-13H2,1-2H3,(H,23,25). The van der Waals surface area contributed by atoms with Gasteiger partial charge in [0.25, 0.3) is 0 Å². The molecule has 0 aliphatic heterocycles. The molecule has 8 nitrogen and oxygen atoms in total. The maximum Gasteiger partial charge on any atom is 0.240 e. The second-order valence-electron chi connectivity index (χ2n) is 6.42. The predicted octanol–water partition coefficient (Wildman–Crippen LogP) is 2.38. The van der Waals surface area contributed by atoms with Crippen LogP contribution in [0.15, 0.2) is 66.1 Å². The van der Waals surface area contributed by atoms with Gasteiger partial charge in [-0.3, -0.25) is 4.79 Å². The van der Waals surface area contributed by atoms with E-state index >= 15 is 0 Å². The summed E-state index contributed by atoms with van der Waals surface area (Å²) in [5.74, 6) is 0.0619. The molecule has 1 amide bonds. The number of methoxy groups -OCH3 is 1. The molecule has 0 saturated heterocycles.